The molecule has 0 bridgehead atoms. The summed E-state index contributed by atoms with van der Waals surface area (Å²) in [4.78, 5) is 17.2. The van der Waals surface area contributed by atoms with Crippen molar-refractivity contribution in [2.75, 3.05) is 11.9 Å². The van der Waals surface area contributed by atoms with Gasteiger partial charge in [0.1, 0.15) is 11.6 Å². The molecule has 1 aromatic heterocycles. The van der Waals surface area contributed by atoms with Crippen LogP contribution in [0.2, 0.25) is 0 Å². The Hall–Kier alpha value is -2.24. The van der Waals surface area contributed by atoms with Crippen LogP contribution in [0.5, 0.6) is 0 Å². The molecule has 0 radical (unpaired) electrons. The lowest BCUT2D eigenvalue weighted by atomic mass is 10.3. The molecule has 1 aromatic carbocycles. The van der Waals surface area contributed by atoms with Gasteiger partial charge in [0.15, 0.2) is 0 Å². The first kappa shape index (κ1) is 11.3. The van der Waals surface area contributed by atoms with Crippen LogP contribution in [0.3, 0.4) is 0 Å². The van der Waals surface area contributed by atoms with Crippen LogP contribution in [-0.2, 0) is 0 Å². The highest BCUT2D eigenvalue weighted by Crippen LogP contribution is 2.15. The maximum absolute atomic E-state index is 13.0. The number of aromatic amines is 1. The Morgan fingerprint density at radius 3 is 2.82 bits per heavy atom. The van der Waals surface area contributed by atoms with Crippen molar-refractivity contribution in [3.63, 3.8) is 0 Å². The highest BCUT2D eigenvalue weighted by atomic mass is 19.1. The van der Waals surface area contributed by atoms with Gasteiger partial charge in [0.25, 0.3) is 5.91 Å². The highest BCUT2D eigenvalue weighted by Gasteiger charge is 2.17. The van der Waals surface area contributed by atoms with E-state index >= 15 is 0 Å². The zero-order valence-electron chi connectivity index (χ0n) is 9.44. The maximum Gasteiger partial charge on any atom is 0.297 e. The number of hydrogen-bond acceptors (Lipinski definition) is 3. The number of anilines is 1. The molecule has 0 saturated heterocycles. The molecule has 0 aliphatic heterocycles. The minimum absolute atomic E-state index is 0.0641. The number of rotatable bonds is 2. The molecule has 1 heterocycles. The Morgan fingerprint density at radius 2 is 2.24 bits per heavy atom. The van der Waals surface area contributed by atoms with Crippen molar-refractivity contribution in [3.05, 3.63) is 41.7 Å². The van der Waals surface area contributed by atoms with Crippen LogP contribution in [0.25, 0.3) is 0 Å². The first-order chi connectivity index (χ1) is 8.08. The fourth-order valence-corrected chi connectivity index (χ4v) is 1.39. The van der Waals surface area contributed by atoms with Crippen molar-refractivity contribution in [1.29, 1.82) is 0 Å². The quantitative estimate of drug-likeness (QED) is 0.857. The maximum atomic E-state index is 13.0. The normalized spacial score (nSPS) is 10.3. The number of aryl methyl sites for hydroxylation is 1. The zero-order valence-corrected chi connectivity index (χ0v) is 9.44. The third-order valence-corrected chi connectivity index (χ3v) is 2.29. The molecule has 2 rings (SSSR count). The average Bonchev–Trinajstić information content (AvgIpc) is 2.74. The van der Waals surface area contributed by atoms with Gasteiger partial charge in [-0.25, -0.2) is 9.37 Å². The third kappa shape index (κ3) is 2.30. The number of aromatic nitrogens is 3. The van der Waals surface area contributed by atoms with E-state index in [1.807, 2.05) is 0 Å². The Kier molecular flexibility index (Phi) is 2.86. The van der Waals surface area contributed by atoms with Crippen molar-refractivity contribution in [2.24, 2.45) is 0 Å². The number of halogens is 1. The first-order valence-electron chi connectivity index (χ1n) is 5.00. The van der Waals surface area contributed by atoms with Gasteiger partial charge < -0.3 is 4.90 Å². The second kappa shape index (κ2) is 4.32. The van der Waals surface area contributed by atoms with E-state index in [4.69, 9.17) is 0 Å². The van der Waals surface area contributed by atoms with Crippen LogP contribution in [0.15, 0.2) is 24.3 Å². The molecule has 0 fully saturated rings. The van der Waals surface area contributed by atoms with Crippen LogP contribution in [0.1, 0.15) is 16.4 Å². The highest BCUT2D eigenvalue weighted by molar-refractivity contribution is 6.03. The lowest BCUT2D eigenvalue weighted by molar-refractivity contribution is 0.0983. The Balaban J connectivity index is 2.26. The van der Waals surface area contributed by atoms with Crippen LogP contribution < -0.4 is 4.90 Å². The van der Waals surface area contributed by atoms with Gasteiger partial charge in [-0.1, -0.05) is 6.07 Å². The number of amides is 1. The molecule has 88 valence electrons. The van der Waals surface area contributed by atoms with Gasteiger partial charge in [-0.15, -0.1) is 5.10 Å². The molecule has 0 aliphatic carbocycles. The monoisotopic (exact) mass is 234 g/mol. The summed E-state index contributed by atoms with van der Waals surface area (Å²) in [5, 5.41) is 6.35. The van der Waals surface area contributed by atoms with Crippen LogP contribution in [-0.4, -0.2) is 28.1 Å². The number of benzene rings is 1. The summed E-state index contributed by atoms with van der Waals surface area (Å²) in [5.41, 5.74) is 0.456. The molecule has 5 nitrogen and oxygen atoms in total. The van der Waals surface area contributed by atoms with Crippen molar-refractivity contribution >= 4 is 11.6 Å². The van der Waals surface area contributed by atoms with Gasteiger partial charge in [-0.3, -0.25) is 9.89 Å². The number of carbonyl (C=O) groups excluding carboxylic acids is 1. The van der Waals surface area contributed by atoms with Gasteiger partial charge in [0, 0.05) is 12.7 Å². The molecule has 0 spiro atoms. The molecule has 0 atom stereocenters. The Labute approximate surface area is 97.3 Å². The fraction of sp³-hybridized carbons (Fsp3) is 0.182. The van der Waals surface area contributed by atoms with Gasteiger partial charge >= 0.3 is 0 Å². The summed E-state index contributed by atoms with van der Waals surface area (Å²) in [5.74, 6) is -0.163. The molecule has 1 amide bonds. The van der Waals surface area contributed by atoms with Gasteiger partial charge in [-0.2, -0.15) is 0 Å². The van der Waals surface area contributed by atoms with E-state index in [2.05, 4.69) is 15.2 Å². The van der Waals surface area contributed by atoms with E-state index in [0.29, 0.717) is 11.5 Å². The predicted molar refractivity (Wildman–Crippen MR) is 60.3 cm³/mol. The summed E-state index contributed by atoms with van der Waals surface area (Å²) >= 11 is 0. The van der Waals surface area contributed by atoms with E-state index < -0.39 is 5.82 Å². The minimum Gasteiger partial charge on any atom is -0.309 e. The zero-order chi connectivity index (χ0) is 12.4. The molecule has 17 heavy (non-hydrogen) atoms. The van der Waals surface area contributed by atoms with Crippen molar-refractivity contribution < 1.29 is 9.18 Å². The van der Waals surface area contributed by atoms with Gasteiger partial charge in [0.05, 0.1) is 0 Å². The standard InChI is InChI=1S/C11H11FN4O/c1-7-13-10(15-14-7)11(17)16(2)9-5-3-4-8(12)6-9/h3-6H,1-2H3,(H,13,14,15). The topological polar surface area (TPSA) is 61.9 Å². The number of carbonyl (C=O) groups is 1. The number of hydrogen-bond donors (Lipinski definition) is 1. The third-order valence-electron chi connectivity index (χ3n) is 2.29. The number of nitrogens with zero attached hydrogens (tertiary/aromatic N) is 3. The van der Waals surface area contributed by atoms with Crippen molar-refractivity contribution in [3.8, 4) is 0 Å². The van der Waals surface area contributed by atoms with E-state index in [1.165, 1.54) is 23.1 Å². The molecule has 0 unspecified atom stereocenters. The second-order valence-electron chi connectivity index (χ2n) is 3.59. The minimum atomic E-state index is -0.395. The molecule has 0 aliphatic rings. The van der Waals surface area contributed by atoms with Crippen molar-refractivity contribution in [1.82, 2.24) is 15.2 Å². The summed E-state index contributed by atoms with van der Waals surface area (Å²) in [6.07, 6.45) is 0. The molecule has 1 N–H and O–H groups in total. The molecule has 6 heteroatoms. The summed E-state index contributed by atoms with van der Waals surface area (Å²) in [7, 11) is 1.54. The van der Waals surface area contributed by atoms with Crippen LogP contribution >= 0.6 is 0 Å². The van der Waals surface area contributed by atoms with Crippen molar-refractivity contribution in [2.45, 2.75) is 6.92 Å². The summed E-state index contributed by atoms with van der Waals surface area (Å²) in [6, 6.07) is 5.77. The molecular weight excluding hydrogens is 223 g/mol. The summed E-state index contributed by atoms with van der Waals surface area (Å²) in [6.45, 7) is 1.70. The molecule has 0 saturated carbocycles. The van der Waals surface area contributed by atoms with Crippen LogP contribution in [0, 0.1) is 12.7 Å². The van der Waals surface area contributed by atoms with E-state index in [1.54, 1.807) is 20.0 Å². The lowest BCUT2D eigenvalue weighted by Gasteiger charge is -2.15. The largest absolute Gasteiger partial charge is 0.309 e. The van der Waals surface area contributed by atoms with E-state index in [-0.39, 0.29) is 11.7 Å². The smallest absolute Gasteiger partial charge is 0.297 e. The predicted octanol–water partition coefficient (Wildman–Crippen LogP) is 1.53. The number of H-pyrrole nitrogens is 1. The van der Waals surface area contributed by atoms with Gasteiger partial charge in [0.2, 0.25) is 5.82 Å². The van der Waals surface area contributed by atoms with E-state index in [0.717, 1.165) is 0 Å². The average molecular weight is 234 g/mol. The second-order valence-corrected chi connectivity index (χ2v) is 3.59. The number of nitrogens with one attached hydrogen (secondary N) is 1. The van der Waals surface area contributed by atoms with E-state index in [9.17, 15) is 9.18 Å². The summed E-state index contributed by atoms with van der Waals surface area (Å²) < 4.78 is 13.0. The fourth-order valence-electron chi connectivity index (χ4n) is 1.39. The molecular formula is C11H11FN4O. The first-order valence-corrected chi connectivity index (χ1v) is 5.00. The van der Waals surface area contributed by atoms with Crippen LogP contribution in [0.4, 0.5) is 10.1 Å². The molecule has 2 aromatic rings. The lowest BCUT2D eigenvalue weighted by Crippen LogP contribution is -2.27. The van der Waals surface area contributed by atoms with Gasteiger partial charge in [-0.05, 0) is 25.1 Å². The SMILES string of the molecule is Cc1nc(C(=O)N(C)c2cccc(F)c2)n[nH]1. The Bertz CT molecular complexity index is 552. The Morgan fingerprint density at radius 1 is 1.47 bits per heavy atom.